The number of thiazole rings is 1. The second-order valence-corrected chi connectivity index (χ2v) is 6.62. The molecule has 4 aromatic rings. The van der Waals surface area contributed by atoms with E-state index in [1.165, 1.54) is 4.70 Å². The topological polar surface area (TPSA) is 63.8 Å². The molecule has 0 aliphatic rings. The molecule has 0 saturated carbocycles. The summed E-state index contributed by atoms with van der Waals surface area (Å²) in [4.78, 5) is 4.71. The van der Waals surface area contributed by atoms with Gasteiger partial charge in [-0.05, 0) is 31.2 Å². The van der Waals surface area contributed by atoms with Gasteiger partial charge in [0.2, 0.25) is 11.8 Å². The lowest BCUT2D eigenvalue weighted by Crippen LogP contribution is -2.07. The molecule has 0 aliphatic heterocycles. The van der Waals surface area contributed by atoms with Crippen LogP contribution in [0.2, 0.25) is 0 Å². The molecule has 5 nitrogen and oxygen atoms in total. The molecule has 120 valence electrons. The summed E-state index contributed by atoms with van der Waals surface area (Å²) in [7, 11) is 0. The SMILES string of the molecule is Cc1nnc(C(C)Nc2cccc(-c3nc4ccccc4s3)c2)o1. The van der Waals surface area contributed by atoms with Gasteiger partial charge in [-0.1, -0.05) is 24.3 Å². The molecule has 2 aromatic heterocycles. The third-order valence-electron chi connectivity index (χ3n) is 3.70. The monoisotopic (exact) mass is 336 g/mol. The number of fused-ring (bicyclic) bond motifs is 1. The lowest BCUT2D eigenvalue weighted by molar-refractivity contribution is 0.451. The highest BCUT2D eigenvalue weighted by Crippen LogP contribution is 2.31. The lowest BCUT2D eigenvalue weighted by atomic mass is 10.2. The highest BCUT2D eigenvalue weighted by atomic mass is 32.1. The first-order chi connectivity index (χ1) is 11.7. The maximum Gasteiger partial charge on any atom is 0.238 e. The quantitative estimate of drug-likeness (QED) is 0.578. The molecule has 4 rings (SSSR count). The van der Waals surface area contributed by atoms with Crippen molar-refractivity contribution >= 4 is 27.2 Å². The van der Waals surface area contributed by atoms with Crippen molar-refractivity contribution in [2.75, 3.05) is 5.32 Å². The van der Waals surface area contributed by atoms with E-state index in [2.05, 4.69) is 33.7 Å². The van der Waals surface area contributed by atoms with Crippen LogP contribution < -0.4 is 5.32 Å². The molecule has 2 heterocycles. The highest BCUT2D eigenvalue weighted by Gasteiger charge is 2.13. The molecular formula is C18H16N4OS. The van der Waals surface area contributed by atoms with E-state index in [1.54, 1.807) is 18.3 Å². The van der Waals surface area contributed by atoms with Crippen molar-refractivity contribution in [3.8, 4) is 10.6 Å². The summed E-state index contributed by atoms with van der Waals surface area (Å²) in [5.74, 6) is 1.15. The van der Waals surface area contributed by atoms with E-state index in [0.29, 0.717) is 11.8 Å². The first kappa shape index (κ1) is 14.8. The van der Waals surface area contributed by atoms with E-state index >= 15 is 0 Å². The summed E-state index contributed by atoms with van der Waals surface area (Å²) in [6.45, 7) is 3.79. The first-order valence-corrected chi connectivity index (χ1v) is 8.53. The van der Waals surface area contributed by atoms with E-state index in [1.807, 2.05) is 37.3 Å². The minimum atomic E-state index is -0.0585. The van der Waals surface area contributed by atoms with Gasteiger partial charge in [-0.3, -0.25) is 0 Å². The number of aryl methyl sites for hydroxylation is 1. The van der Waals surface area contributed by atoms with E-state index in [-0.39, 0.29) is 6.04 Å². The number of benzene rings is 2. The van der Waals surface area contributed by atoms with Gasteiger partial charge in [0.05, 0.1) is 10.2 Å². The third-order valence-corrected chi connectivity index (χ3v) is 4.78. The smallest absolute Gasteiger partial charge is 0.238 e. The van der Waals surface area contributed by atoms with E-state index in [4.69, 9.17) is 9.40 Å². The van der Waals surface area contributed by atoms with Gasteiger partial charge in [-0.2, -0.15) is 0 Å². The fourth-order valence-electron chi connectivity index (χ4n) is 2.54. The Morgan fingerprint density at radius 2 is 1.96 bits per heavy atom. The van der Waals surface area contributed by atoms with E-state index in [9.17, 15) is 0 Å². The molecule has 0 amide bonds. The van der Waals surface area contributed by atoms with Crippen molar-refractivity contribution in [1.82, 2.24) is 15.2 Å². The van der Waals surface area contributed by atoms with Crippen molar-refractivity contribution in [1.29, 1.82) is 0 Å². The Hall–Kier alpha value is -2.73. The van der Waals surface area contributed by atoms with Crippen LogP contribution in [-0.4, -0.2) is 15.2 Å². The average Bonchev–Trinajstić information content (AvgIpc) is 3.21. The molecule has 0 fully saturated rings. The maximum atomic E-state index is 5.48. The largest absolute Gasteiger partial charge is 0.423 e. The number of aromatic nitrogens is 3. The molecule has 0 spiro atoms. The number of hydrogen-bond acceptors (Lipinski definition) is 6. The van der Waals surface area contributed by atoms with Crippen LogP contribution >= 0.6 is 11.3 Å². The number of nitrogens with one attached hydrogen (secondary N) is 1. The zero-order valence-electron chi connectivity index (χ0n) is 13.4. The third kappa shape index (κ3) is 2.88. The Morgan fingerprint density at radius 1 is 1.08 bits per heavy atom. The van der Waals surface area contributed by atoms with Crippen LogP contribution in [0.5, 0.6) is 0 Å². The molecule has 0 saturated heterocycles. The number of rotatable bonds is 4. The Bertz CT molecular complexity index is 958. The number of anilines is 1. The van der Waals surface area contributed by atoms with Crippen molar-refractivity contribution in [2.45, 2.75) is 19.9 Å². The van der Waals surface area contributed by atoms with Gasteiger partial charge in [0.15, 0.2) is 0 Å². The number of para-hydroxylation sites is 1. The Morgan fingerprint density at radius 3 is 2.75 bits per heavy atom. The minimum absolute atomic E-state index is 0.0585. The van der Waals surface area contributed by atoms with Gasteiger partial charge in [0.1, 0.15) is 11.0 Å². The molecular weight excluding hydrogens is 320 g/mol. The van der Waals surface area contributed by atoms with E-state index < -0.39 is 0 Å². The van der Waals surface area contributed by atoms with Crippen LogP contribution in [0.4, 0.5) is 5.69 Å². The summed E-state index contributed by atoms with van der Waals surface area (Å²) >= 11 is 1.70. The molecule has 0 radical (unpaired) electrons. The zero-order valence-corrected chi connectivity index (χ0v) is 14.2. The Labute approximate surface area is 143 Å². The Kier molecular flexibility index (Phi) is 3.74. The predicted octanol–water partition coefficient (Wildman–Crippen LogP) is 4.83. The minimum Gasteiger partial charge on any atom is -0.423 e. The summed E-state index contributed by atoms with van der Waals surface area (Å²) in [6.07, 6.45) is 0. The second kappa shape index (κ2) is 6.05. The fourth-order valence-corrected chi connectivity index (χ4v) is 3.50. The van der Waals surface area contributed by atoms with Crippen LogP contribution in [0.1, 0.15) is 24.7 Å². The molecule has 24 heavy (non-hydrogen) atoms. The molecule has 2 aromatic carbocycles. The first-order valence-electron chi connectivity index (χ1n) is 7.71. The molecule has 0 bridgehead atoms. The summed E-state index contributed by atoms with van der Waals surface area (Å²) in [6, 6.07) is 16.3. The highest BCUT2D eigenvalue weighted by molar-refractivity contribution is 7.21. The molecule has 6 heteroatoms. The van der Waals surface area contributed by atoms with Gasteiger partial charge in [-0.25, -0.2) is 4.98 Å². The van der Waals surface area contributed by atoms with Crippen LogP contribution in [0.15, 0.2) is 52.9 Å². The summed E-state index contributed by atoms with van der Waals surface area (Å²) in [5, 5.41) is 12.3. The summed E-state index contributed by atoms with van der Waals surface area (Å²) < 4.78 is 6.67. The molecule has 1 unspecified atom stereocenters. The van der Waals surface area contributed by atoms with Crippen molar-refractivity contribution in [3.05, 3.63) is 60.3 Å². The lowest BCUT2D eigenvalue weighted by Gasteiger charge is -2.12. The van der Waals surface area contributed by atoms with Crippen LogP contribution in [0, 0.1) is 6.92 Å². The second-order valence-electron chi connectivity index (χ2n) is 5.59. The van der Waals surface area contributed by atoms with Gasteiger partial charge in [0, 0.05) is 18.2 Å². The van der Waals surface area contributed by atoms with Crippen molar-refractivity contribution in [3.63, 3.8) is 0 Å². The molecule has 1 N–H and O–H groups in total. The van der Waals surface area contributed by atoms with Gasteiger partial charge in [0.25, 0.3) is 0 Å². The zero-order chi connectivity index (χ0) is 16.5. The van der Waals surface area contributed by atoms with Crippen molar-refractivity contribution in [2.24, 2.45) is 0 Å². The van der Waals surface area contributed by atoms with Crippen LogP contribution in [0.25, 0.3) is 20.8 Å². The average molecular weight is 336 g/mol. The normalized spacial score (nSPS) is 12.4. The predicted molar refractivity (Wildman–Crippen MR) is 96.1 cm³/mol. The van der Waals surface area contributed by atoms with Gasteiger partial charge in [-0.15, -0.1) is 21.5 Å². The fraction of sp³-hybridized carbons (Fsp3) is 0.167. The number of nitrogens with zero attached hydrogens (tertiary/aromatic N) is 3. The molecule has 1 atom stereocenters. The van der Waals surface area contributed by atoms with E-state index in [0.717, 1.165) is 21.8 Å². The standard InChI is InChI=1S/C18H16N4OS/c1-11(17-22-21-12(2)23-17)19-14-7-5-6-13(10-14)18-20-15-8-3-4-9-16(15)24-18/h3-11,19H,1-2H3. The molecule has 0 aliphatic carbocycles. The summed E-state index contributed by atoms with van der Waals surface area (Å²) in [5.41, 5.74) is 3.12. The van der Waals surface area contributed by atoms with Crippen LogP contribution in [-0.2, 0) is 0 Å². The van der Waals surface area contributed by atoms with Crippen molar-refractivity contribution < 1.29 is 4.42 Å². The number of hydrogen-bond donors (Lipinski definition) is 1. The maximum absolute atomic E-state index is 5.48. The van der Waals surface area contributed by atoms with Crippen LogP contribution in [0.3, 0.4) is 0 Å². The van der Waals surface area contributed by atoms with Gasteiger partial charge >= 0.3 is 0 Å². The Balaban J connectivity index is 1.61. The van der Waals surface area contributed by atoms with Gasteiger partial charge < -0.3 is 9.73 Å².